The zero-order valence-corrected chi connectivity index (χ0v) is 40.1. The molecule has 68 heavy (non-hydrogen) atoms. The van der Waals surface area contributed by atoms with Gasteiger partial charge in [-0.2, -0.15) is 10.1 Å². The number of halogens is 1. The van der Waals surface area contributed by atoms with E-state index in [1.54, 1.807) is 42.5 Å². The molecule has 0 saturated carbocycles. The molecule has 4 amide bonds. The van der Waals surface area contributed by atoms with E-state index in [2.05, 4.69) is 83.5 Å². The highest BCUT2D eigenvalue weighted by Crippen LogP contribution is 2.42. The van der Waals surface area contributed by atoms with Crippen LogP contribution in [0, 0.1) is 5.92 Å². The minimum Gasteiger partial charge on any atom is -0.494 e. The number of anilines is 7. The van der Waals surface area contributed by atoms with Crippen LogP contribution in [-0.2, 0) is 16.6 Å². The van der Waals surface area contributed by atoms with Crippen molar-refractivity contribution < 1.29 is 23.9 Å². The Labute approximate surface area is 404 Å². The van der Waals surface area contributed by atoms with Gasteiger partial charge in [0.2, 0.25) is 17.8 Å². The standard InChI is InChI=1S/C47H49BrN14O5S/c1-58-26-28(23-52-58)31-21-36(54-47-51-24-33(48)43(56-47)53-35-7-6-34-41(42(35)57-68-3)50-13-12-49-34)39(67-2)22-38(31)61-18-16-59(17-19-61)25-27-10-14-60(15-11-27)29-4-5-30-32(20-29)46(66)62(45(30)65)37-8-9-40(63)55-44(37)64/h4-7,12-13,20-24,26-27,37,57H,8-11,14-19,25H2,1-3H3,(H,55,63,64)(H2,51,53,54,56). The van der Waals surface area contributed by atoms with E-state index >= 15 is 0 Å². The summed E-state index contributed by atoms with van der Waals surface area (Å²) >= 11 is 5.10. The predicted molar refractivity (Wildman–Crippen MR) is 265 cm³/mol. The molecule has 4 aliphatic rings. The molecule has 10 rings (SSSR count). The van der Waals surface area contributed by atoms with Crippen molar-refractivity contribution in [2.45, 2.75) is 31.7 Å². The SMILES string of the molecule is COc1cc(N2CCN(CC3CCN(c4ccc5c(c4)C(=O)N(C4CCC(=O)NC4=O)C5=O)CC3)CC2)c(-c2cnn(C)c2)cc1Nc1ncc(Br)c(Nc2ccc3nccnc3c2NSC)n1. The molecule has 4 N–H and O–H groups in total. The summed E-state index contributed by atoms with van der Waals surface area (Å²) in [5.41, 5.74) is 8.30. The number of carbonyl (C=O) groups excluding carboxylic acids is 4. The number of amides is 4. The topological polar surface area (TPSA) is 208 Å². The largest absolute Gasteiger partial charge is 0.494 e. The number of nitrogens with zero attached hydrogens (tertiary/aromatic N) is 10. The zero-order chi connectivity index (χ0) is 47.1. The zero-order valence-electron chi connectivity index (χ0n) is 37.7. The Morgan fingerprint density at radius 3 is 2.38 bits per heavy atom. The van der Waals surface area contributed by atoms with Crippen molar-refractivity contribution in [3.63, 3.8) is 0 Å². The van der Waals surface area contributed by atoms with E-state index in [1.165, 1.54) is 11.9 Å². The summed E-state index contributed by atoms with van der Waals surface area (Å²) in [4.78, 5) is 77.7. The summed E-state index contributed by atoms with van der Waals surface area (Å²) in [6.45, 7) is 6.13. The first-order valence-electron chi connectivity index (χ1n) is 22.4. The van der Waals surface area contributed by atoms with Gasteiger partial charge in [-0.05, 0) is 77.5 Å². The lowest BCUT2D eigenvalue weighted by Crippen LogP contribution is -2.54. The van der Waals surface area contributed by atoms with Gasteiger partial charge in [-0.1, -0.05) is 11.9 Å². The Balaban J connectivity index is 0.794. The molecule has 0 spiro atoms. The summed E-state index contributed by atoms with van der Waals surface area (Å²) in [7, 11) is 3.58. The Bertz CT molecular complexity index is 2960. The van der Waals surface area contributed by atoms with Gasteiger partial charge in [0.15, 0.2) is 0 Å². The van der Waals surface area contributed by atoms with Crippen molar-refractivity contribution in [1.82, 2.24) is 44.8 Å². The van der Waals surface area contributed by atoms with Gasteiger partial charge in [0.05, 0.1) is 51.5 Å². The number of hydrogen-bond donors (Lipinski definition) is 4. The molecule has 0 bridgehead atoms. The van der Waals surface area contributed by atoms with Crippen LogP contribution >= 0.6 is 27.9 Å². The van der Waals surface area contributed by atoms with E-state index < -0.39 is 29.7 Å². The maximum atomic E-state index is 13.5. The average molecular weight is 1000 g/mol. The number of rotatable bonds is 13. The molecule has 1 atom stereocenters. The van der Waals surface area contributed by atoms with Crippen molar-refractivity contribution in [3.8, 4) is 16.9 Å². The number of imide groups is 2. The minimum absolute atomic E-state index is 0.0865. The molecule has 3 aromatic heterocycles. The van der Waals surface area contributed by atoms with Gasteiger partial charge in [0, 0.05) is 119 Å². The number of methoxy groups -OCH3 is 1. The number of ether oxygens (including phenoxy) is 1. The van der Waals surface area contributed by atoms with E-state index in [1.807, 2.05) is 43.9 Å². The maximum Gasteiger partial charge on any atom is 0.262 e. The fraction of sp³-hybridized carbons (Fsp3) is 0.340. The summed E-state index contributed by atoms with van der Waals surface area (Å²) in [6.07, 6.45) is 13.1. The smallest absolute Gasteiger partial charge is 0.262 e. The van der Waals surface area contributed by atoms with E-state index in [4.69, 9.17) is 9.72 Å². The van der Waals surface area contributed by atoms with Crippen molar-refractivity contribution in [3.05, 3.63) is 89.0 Å². The summed E-state index contributed by atoms with van der Waals surface area (Å²) in [5, 5.41) is 13.7. The third kappa shape index (κ3) is 8.88. The van der Waals surface area contributed by atoms with Gasteiger partial charge in [-0.15, -0.1) is 0 Å². The molecule has 4 aliphatic heterocycles. The first kappa shape index (κ1) is 45.0. The van der Waals surface area contributed by atoms with Gasteiger partial charge < -0.3 is 29.9 Å². The quantitative estimate of drug-likeness (QED) is 0.0749. The summed E-state index contributed by atoms with van der Waals surface area (Å²) in [5.74, 6) is 0.107. The number of aryl methyl sites for hydroxylation is 1. The third-order valence-electron chi connectivity index (χ3n) is 13.1. The third-order valence-corrected chi connectivity index (χ3v) is 14.0. The summed E-state index contributed by atoms with van der Waals surface area (Å²) < 4.78 is 11.8. The van der Waals surface area contributed by atoms with Gasteiger partial charge in [-0.3, -0.25) is 48.9 Å². The highest BCUT2D eigenvalue weighted by atomic mass is 79.9. The number of carbonyl (C=O) groups is 4. The average Bonchev–Trinajstić information content (AvgIpc) is 3.89. The molecular formula is C47H49BrN14O5S. The van der Waals surface area contributed by atoms with Gasteiger partial charge in [-0.25, -0.2) is 4.98 Å². The highest BCUT2D eigenvalue weighted by Gasteiger charge is 2.45. The Morgan fingerprint density at radius 1 is 0.838 bits per heavy atom. The molecule has 0 radical (unpaired) electrons. The second-order valence-electron chi connectivity index (χ2n) is 17.2. The second kappa shape index (κ2) is 19.0. The van der Waals surface area contributed by atoms with Crippen molar-refractivity contribution >= 4 is 103 Å². The summed E-state index contributed by atoms with van der Waals surface area (Å²) in [6, 6.07) is 12.4. The number of piperidine rings is 2. The first-order valence-corrected chi connectivity index (χ1v) is 24.4. The van der Waals surface area contributed by atoms with Gasteiger partial charge >= 0.3 is 0 Å². The molecule has 350 valence electrons. The highest BCUT2D eigenvalue weighted by molar-refractivity contribution is 9.10. The van der Waals surface area contributed by atoms with Crippen LogP contribution in [-0.4, -0.2) is 128 Å². The molecule has 3 aromatic carbocycles. The Morgan fingerprint density at radius 2 is 1.63 bits per heavy atom. The fourth-order valence-corrected chi connectivity index (χ4v) is 10.3. The molecule has 3 fully saturated rings. The molecule has 3 saturated heterocycles. The van der Waals surface area contributed by atoms with Crippen LogP contribution in [0.3, 0.4) is 0 Å². The van der Waals surface area contributed by atoms with Crippen molar-refractivity contribution in [2.75, 3.05) is 84.3 Å². The molecule has 0 aliphatic carbocycles. The normalized spacial score (nSPS) is 18.0. The van der Waals surface area contributed by atoms with Crippen LogP contribution in [0.4, 0.5) is 40.2 Å². The van der Waals surface area contributed by atoms with Crippen LogP contribution in [0.5, 0.6) is 5.75 Å². The number of benzene rings is 3. The Hall–Kier alpha value is -6.84. The van der Waals surface area contributed by atoms with Crippen molar-refractivity contribution in [1.29, 1.82) is 0 Å². The van der Waals surface area contributed by atoms with E-state index in [9.17, 15) is 19.2 Å². The van der Waals surface area contributed by atoms with Crippen LogP contribution in [0.1, 0.15) is 46.4 Å². The lowest BCUT2D eigenvalue weighted by molar-refractivity contribution is -0.136. The second-order valence-corrected chi connectivity index (χ2v) is 18.7. The number of nitrogens with one attached hydrogen (secondary N) is 4. The molecule has 21 heteroatoms. The number of fused-ring (bicyclic) bond motifs is 2. The fourth-order valence-electron chi connectivity index (χ4n) is 9.56. The number of piperazine rings is 1. The monoisotopic (exact) mass is 1000 g/mol. The molecule has 6 aromatic rings. The lowest BCUT2D eigenvalue weighted by atomic mass is 9.95. The van der Waals surface area contributed by atoms with Crippen molar-refractivity contribution in [2.24, 2.45) is 13.0 Å². The van der Waals surface area contributed by atoms with E-state index in [0.29, 0.717) is 44.7 Å². The van der Waals surface area contributed by atoms with Gasteiger partial charge in [0.25, 0.3) is 11.8 Å². The Kier molecular flexibility index (Phi) is 12.6. The maximum absolute atomic E-state index is 13.5. The molecule has 1 unspecified atom stereocenters. The van der Waals surface area contributed by atoms with Crippen LogP contribution < -0.4 is 35.2 Å². The van der Waals surface area contributed by atoms with E-state index in [0.717, 1.165) is 108 Å². The van der Waals surface area contributed by atoms with E-state index in [-0.39, 0.29) is 12.8 Å². The molecular weight excluding hydrogens is 953 g/mol. The number of aromatic nitrogens is 6. The van der Waals surface area contributed by atoms with Gasteiger partial charge in [0.1, 0.15) is 23.1 Å². The number of hydrogen-bond acceptors (Lipinski definition) is 17. The minimum atomic E-state index is -0.983. The first-order chi connectivity index (χ1) is 33.0. The predicted octanol–water partition coefficient (Wildman–Crippen LogP) is 6.21. The van der Waals surface area contributed by atoms with Crippen LogP contribution in [0.25, 0.3) is 22.2 Å². The van der Waals surface area contributed by atoms with Crippen LogP contribution in [0.15, 0.2) is 77.9 Å². The molecule has 19 nitrogen and oxygen atoms in total. The van der Waals surface area contributed by atoms with Crippen LogP contribution in [0.2, 0.25) is 0 Å². The molecule has 7 heterocycles. The lowest BCUT2D eigenvalue weighted by Gasteiger charge is -2.40.